The summed E-state index contributed by atoms with van der Waals surface area (Å²) in [6.45, 7) is 1.76. The number of ether oxygens (including phenoxy) is 1. The molecule has 0 atom stereocenters. The predicted octanol–water partition coefficient (Wildman–Crippen LogP) is 5.99. The standard InChI is InChI=1S/C21H15Cl2N3O2S/c1-12-4-5-13(20-26-16-3-2-8-24-21(16)29-20)9-17(12)25-19(27)11-28-18-7-6-14(22)10-15(18)23/h2-10H,11H2,1H3,(H,25,27). The van der Waals surface area contributed by atoms with E-state index in [1.54, 1.807) is 24.4 Å². The van der Waals surface area contributed by atoms with Crippen molar-refractivity contribution < 1.29 is 9.53 Å². The number of nitrogens with zero attached hydrogens (tertiary/aromatic N) is 2. The Morgan fingerprint density at radius 2 is 2.03 bits per heavy atom. The topological polar surface area (TPSA) is 64.1 Å². The molecule has 1 N–H and O–H groups in total. The zero-order valence-corrected chi connectivity index (χ0v) is 17.6. The Hall–Kier alpha value is -2.67. The van der Waals surface area contributed by atoms with E-state index < -0.39 is 0 Å². The predicted molar refractivity (Wildman–Crippen MR) is 118 cm³/mol. The number of fused-ring (bicyclic) bond motifs is 1. The molecular formula is C21H15Cl2N3O2S. The molecule has 2 heterocycles. The van der Waals surface area contributed by atoms with E-state index in [1.165, 1.54) is 11.3 Å². The van der Waals surface area contributed by atoms with E-state index in [4.69, 9.17) is 27.9 Å². The molecule has 29 heavy (non-hydrogen) atoms. The van der Waals surface area contributed by atoms with Gasteiger partial charge in [-0.05, 0) is 48.9 Å². The SMILES string of the molecule is Cc1ccc(-c2nc3cccnc3s2)cc1NC(=O)COc1ccc(Cl)cc1Cl. The van der Waals surface area contributed by atoms with Crippen molar-refractivity contribution in [2.24, 2.45) is 0 Å². The number of aryl methyl sites for hydroxylation is 1. The van der Waals surface area contributed by atoms with Gasteiger partial charge in [-0.2, -0.15) is 0 Å². The van der Waals surface area contributed by atoms with Crippen LogP contribution in [0.5, 0.6) is 5.75 Å². The minimum atomic E-state index is -0.290. The number of aromatic nitrogens is 2. The maximum Gasteiger partial charge on any atom is 0.262 e. The van der Waals surface area contributed by atoms with Crippen LogP contribution in [-0.4, -0.2) is 22.5 Å². The lowest BCUT2D eigenvalue weighted by Gasteiger charge is -2.11. The number of halogens is 2. The van der Waals surface area contributed by atoms with Crippen LogP contribution >= 0.6 is 34.5 Å². The van der Waals surface area contributed by atoms with E-state index in [9.17, 15) is 4.79 Å². The summed E-state index contributed by atoms with van der Waals surface area (Å²) in [5.41, 5.74) is 3.40. The van der Waals surface area contributed by atoms with Crippen molar-refractivity contribution >= 4 is 56.5 Å². The van der Waals surface area contributed by atoms with Gasteiger partial charge in [-0.25, -0.2) is 9.97 Å². The van der Waals surface area contributed by atoms with Crippen LogP contribution in [0.25, 0.3) is 20.9 Å². The Kier molecular flexibility index (Phi) is 5.67. The number of hydrogen-bond acceptors (Lipinski definition) is 5. The number of carbonyl (C=O) groups is 1. The van der Waals surface area contributed by atoms with Crippen LogP contribution in [0.15, 0.2) is 54.7 Å². The molecule has 1 amide bonds. The molecule has 0 bridgehead atoms. The number of thiazole rings is 1. The summed E-state index contributed by atoms with van der Waals surface area (Å²) in [6, 6.07) is 14.5. The fourth-order valence-corrected chi connectivity index (χ4v) is 4.07. The third-order valence-electron chi connectivity index (χ3n) is 4.18. The van der Waals surface area contributed by atoms with Crippen LogP contribution in [0.2, 0.25) is 10.0 Å². The molecule has 0 radical (unpaired) electrons. The normalized spacial score (nSPS) is 10.9. The van der Waals surface area contributed by atoms with Gasteiger partial charge in [-0.15, -0.1) is 0 Å². The van der Waals surface area contributed by atoms with Crippen LogP contribution in [0, 0.1) is 6.92 Å². The van der Waals surface area contributed by atoms with Gasteiger partial charge >= 0.3 is 0 Å². The van der Waals surface area contributed by atoms with Crippen LogP contribution < -0.4 is 10.1 Å². The Labute approximate surface area is 181 Å². The summed E-state index contributed by atoms with van der Waals surface area (Å²) >= 11 is 13.4. The summed E-state index contributed by atoms with van der Waals surface area (Å²) in [5.74, 6) is 0.112. The monoisotopic (exact) mass is 443 g/mol. The molecular weight excluding hydrogens is 429 g/mol. The van der Waals surface area contributed by atoms with Crippen molar-refractivity contribution in [1.82, 2.24) is 9.97 Å². The van der Waals surface area contributed by atoms with E-state index >= 15 is 0 Å². The van der Waals surface area contributed by atoms with E-state index in [0.717, 1.165) is 26.5 Å². The van der Waals surface area contributed by atoms with Gasteiger partial charge in [0.1, 0.15) is 21.1 Å². The van der Waals surface area contributed by atoms with Gasteiger partial charge in [-0.3, -0.25) is 4.79 Å². The molecule has 0 unspecified atom stereocenters. The second-order valence-electron chi connectivity index (χ2n) is 6.29. The molecule has 0 aliphatic heterocycles. The summed E-state index contributed by atoms with van der Waals surface area (Å²) in [4.78, 5) is 22.2. The highest BCUT2D eigenvalue weighted by Crippen LogP contribution is 2.31. The third-order valence-corrected chi connectivity index (χ3v) is 5.74. The zero-order chi connectivity index (χ0) is 20.4. The molecule has 0 aliphatic carbocycles. The Morgan fingerprint density at radius 1 is 1.17 bits per heavy atom. The maximum atomic E-state index is 12.4. The Balaban J connectivity index is 1.49. The first kappa shape index (κ1) is 19.6. The van der Waals surface area contributed by atoms with Crippen LogP contribution in [0.4, 0.5) is 5.69 Å². The summed E-state index contributed by atoms with van der Waals surface area (Å²) < 4.78 is 5.50. The summed E-state index contributed by atoms with van der Waals surface area (Å²) in [6.07, 6.45) is 1.75. The highest BCUT2D eigenvalue weighted by atomic mass is 35.5. The molecule has 0 fully saturated rings. The molecule has 0 spiro atoms. The van der Waals surface area contributed by atoms with Crippen LogP contribution in [0.3, 0.4) is 0 Å². The Morgan fingerprint density at radius 3 is 2.83 bits per heavy atom. The molecule has 2 aromatic carbocycles. The lowest BCUT2D eigenvalue weighted by atomic mass is 10.1. The fraction of sp³-hybridized carbons (Fsp3) is 0.0952. The van der Waals surface area contributed by atoms with E-state index in [2.05, 4.69) is 15.3 Å². The van der Waals surface area contributed by atoms with Gasteiger partial charge in [0.2, 0.25) is 0 Å². The summed E-state index contributed by atoms with van der Waals surface area (Å²) in [7, 11) is 0. The first-order valence-corrected chi connectivity index (χ1v) is 10.3. The highest BCUT2D eigenvalue weighted by molar-refractivity contribution is 7.21. The van der Waals surface area contributed by atoms with Crippen molar-refractivity contribution in [3.05, 3.63) is 70.3 Å². The zero-order valence-electron chi connectivity index (χ0n) is 15.3. The second-order valence-corrected chi connectivity index (χ2v) is 8.11. The number of carbonyl (C=O) groups excluding carboxylic acids is 1. The lowest BCUT2D eigenvalue weighted by Crippen LogP contribution is -2.20. The van der Waals surface area contributed by atoms with Crippen LogP contribution in [0.1, 0.15) is 5.56 Å². The number of pyridine rings is 1. The van der Waals surface area contributed by atoms with Crippen molar-refractivity contribution in [3.63, 3.8) is 0 Å². The molecule has 5 nitrogen and oxygen atoms in total. The quantitative estimate of drug-likeness (QED) is 0.411. The van der Waals surface area contributed by atoms with Gasteiger partial charge in [0.25, 0.3) is 5.91 Å². The van der Waals surface area contributed by atoms with Gasteiger partial charge in [0, 0.05) is 22.5 Å². The molecule has 146 valence electrons. The average molecular weight is 444 g/mol. The largest absolute Gasteiger partial charge is 0.482 e. The van der Waals surface area contributed by atoms with Gasteiger partial charge in [0.15, 0.2) is 6.61 Å². The number of benzene rings is 2. The van der Waals surface area contributed by atoms with E-state index in [0.29, 0.717) is 21.5 Å². The first-order chi connectivity index (χ1) is 14.0. The minimum absolute atomic E-state index is 0.171. The number of rotatable bonds is 5. The molecule has 4 aromatic rings. The summed E-state index contributed by atoms with van der Waals surface area (Å²) in [5, 5.41) is 4.59. The van der Waals surface area contributed by atoms with Crippen molar-refractivity contribution in [3.8, 4) is 16.3 Å². The minimum Gasteiger partial charge on any atom is -0.482 e. The third kappa shape index (κ3) is 4.50. The molecule has 0 saturated heterocycles. The van der Waals surface area contributed by atoms with Crippen molar-refractivity contribution in [2.75, 3.05) is 11.9 Å². The van der Waals surface area contributed by atoms with Gasteiger partial charge in [-0.1, -0.05) is 46.7 Å². The van der Waals surface area contributed by atoms with E-state index in [-0.39, 0.29) is 12.5 Å². The second kappa shape index (κ2) is 8.37. The molecule has 0 aliphatic rings. The average Bonchev–Trinajstić information content (AvgIpc) is 3.13. The number of amides is 1. The van der Waals surface area contributed by atoms with E-state index in [1.807, 2.05) is 37.3 Å². The van der Waals surface area contributed by atoms with Gasteiger partial charge in [0.05, 0.1) is 5.02 Å². The highest BCUT2D eigenvalue weighted by Gasteiger charge is 2.12. The van der Waals surface area contributed by atoms with Crippen molar-refractivity contribution in [1.29, 1.82) is 0 Å². The first-order valence-electron chi connectivity index (χ1n) is 8.70. The van der Waals surface area contributed by atoms with Crippen molar-refractivity contribution in [2.45, 2.75) is 6.92 Å². The molecule has 2 aromatic heterocycles. The number of anilines is 1. The molecule has 4 rings (SSSR count). The molecule has 0 saturated carbocycles. The Bertz CT molecular complexity index is 1180. The maximum absolute atomic E-state index is 12.4. The fourth-order valence-electron chi connectivity index (χ4n) is 2.70. The molecule has 8 heteroatoms. The smallest absolute Gasteiger partial charge is 0.262 e. The van der Waals surface area contributed by atoms with Gasteiger partial charge < -0.3 is 10.1 Å². The lowest BCUT2D eigenvalue weighted by molar-refractivity contribution is -0.118. The number of hydrogen-bond donors (Lipinski definition) is 1. The number of nitrogens with one attached hydrogen (secondary N) is 1. The van der Waals surface area contributed by atoms with Crippen LogP contribution in [-0.2, 0) is 4.79 Å².